The molecule has 23 heavy (non-hydrogen) atoms. The van der Waals surface area contributed by atoms with Crippen molar-refractivity contribution in [2.75, 3.05) is 65.3 Å². The first-order valence-corrected chi connectivity index (χ1v) is 8.45. The first-order chi connectivity index (χ1) is 11.4. The quantitative estimate of drug-likeness (QED) is 0.340. The van der Waals surface area contributed by atoms with Crippen LogP contribution in [-0.4, -0.2) is 65.3 Å². The smallest absolute Gasteiger partial charge is 0.0718 e. The average molecular weight is 347 g/mol. The maximum Gasteiger partial charge on any atom is 0.0718 e. The van der Waals surface area contributed by atoms with Crippen molar-refractivity contribution in [1.29, 1.82) is 0 Å². The zero-order chi connectivity index (χ0) is 16.4. The van der Waals surface area contributed by atoms with Gasteiger partial charge in [0.05, 0.1) is 66.1 Å². The van der Waals surface area contributed by atoms with Crippen LogP contribution in [0, 0.1) is 0 Å². The third-order valence-electron chi connectivity index (χ3n) is 2.82. The van der Waals surface area contributed by atoms with Gasteiger partial charge in [-0.05, 0) is 5.56 Å². The monoisotopic (exact) mass is 346 g/mol. The normalized spacial score (nSPS) is 11.0. The highest BCUT2D eigenvalue weighted by atomic mass is 35.5. The molecule has 1 rings (SSSR count). The van der Waals surface area contributed by atoms with Crippen LogP contribution in [0.1, 0.15) is 5.56 Å². The van der Waals surface area contributed by atoms with Crippen LogP contribution in [0.3, 0.4) is 0 Å². The molecule has 0 N–H and O–H groups in total. The number of ether oxygens (including phenoxy) is 5. The Morgan fingerprint density at radius 3 is 1.48 bits per heavy atom. The molecular weight excluding hydrogens is 320 g/mol. The largest absolute Gasteiger partial charge is 0.378 e. The summed E-state index contributed by atoms with van der Waals surface area (Å²) in [7, 11) is 0. The maximum absolute atomic E-state index is 5.51. The lowest BCUT2D eigenvalue weighted by Gasteiger charge is -2.07. The van der Waals surface area contributed by atoms with E-state index in [0.29, 0.717) is 71.9 Å². The molecule has 5 nitrogen and oxygen atoms in total. The minimum atomic E-state index is 0.514. The Balaban J connectivity index is 1.72. The van der Waals surface area contributed by atoms with Crippen LogP contribution in [0.2, 0.25) is 0 Å². The number of hydrogen-bond acceptors (Lipinski definition) is 5. The lowest BCUT2D eigenvalue weighted by molar-refractivity contribution is -0.0116. The van der Waals surface area contributed by atoms with Crippen molar-refractivity contribution >= 4 is 11.6 Å². The summed E-state index contributed by atoms with van der Waals surface area (Å²) >= 11 is 5.48. The molecule has 0 radical (unpaired) electrons. The first-order valence-electron chi connectivity index (χ1n) is 7.92. The lowest BCUT2D eigenvalue weighted by Crippen LogP contribution is -2.13. The molecule has 0 saturated heterocycles. The summed E-state index contributed by atoms with van der Waals surface area (Å²) < 4.78 is 26.8. The van der Waals surface area contributed by atoms with Crippen LogP contribution in [0.25, 0.3) is 0 Å². The first kappa shape index (κ1) is 20.4. The molecule has 0 bridgehead atoms. The van der Waals surface area contributed by atoms with Crippen molar-refractivity contribution in [3.05, 3.63) is 35.9 Å². The molecule has 6 heteroatoms. The molecule has 0 atom stereocenters. The molecule has 132 valence electrons. The van der Waals surface area contributed by atoms with Crippen LogP contribution < -0.4 is 0 Å². The van der Waals surface area contributed by atoms with Gasteiger partial charge in [-0.1, -0.05) is 30.3 Å². The third kappa shape index (κ3) is 13.4. The van der Waals surface area contributed by atoms with Gasteiger partial charge < -0.3 is 23.7 Å². The number of hydrogen-bond donors (Lipinski definition) is 0. The van der Waals surface area contributed by atoms with E-state index in [4.69, 9.17) is 35.3 Å². The molecule has 0 saturated carbocycles. The zero-order valence-corrected chi connectivity index (χ0v) is 14.3. The summed E-state index contributed by atoms with van der Waals surface area (Å²) in [5.74, 6) is 0.514. The summed E-state index contributed by atoms with van der Waals surface area (Å²) in [5, 5.41) is 0. The van der Waals surface area contributed by atoms with E-state index < -0.39 is 0 Å². The average Bonchev–Trinajstić information content (AvgIpc) is 2.59. The SMILES string of the molecule is ClCCOCCOCCOCCOCCOCc1ccccc1. The van der Waals surface area contributed by atoms with Crippen molar-refractivity contribution in [2.24, 2.45) is 0 Å². The van der Waals surface area contributed by atoms with Crippen LogP contribution in [0.5, 0.6) is 0 Å². The molecular formula is C17H27ClO5. The second kappa shape index (κ2) is 16.2. The third-order valence-corrected chi connectivity index (χ3v) is 2.98. The molecule has 0 aliphatic carbocycles. The van der Waals surface area contributed by atoms with E-state index in [9.17, 15) is 0 Å². The Hall–Kier alpha value is -0.690. The molecule has 1 aromatic carbocycles. The number of halogens is 1. The minimum absolute atomic E-state index is 0.514. The van der Waals surface area contributed by atoms with Gasteiger partial charge in [0.25, 0.3) is 0 Å². The highest BCUT2D eigenvalue weighted by Gasteiger charge is 1.94. The van der Waals surface area contributed by atoms with E-state index in [-0.39, 0.29) is 0 Å². The van der Waals surface area contributed by atoms with Gasteiger partial charge in [-0.15, -0.1) is 11.6 Å². The van der Waals surface area contributed by atoms with Crippen molar-refractivity contribution in [1.82, 2.24) is 0 Å². The highest BCUT2D eigenvalue weighted by molar-refractivity contribution is 6.17. The minimum Gasteiger partial charge on any atom is -0.378 e. The highest BCUT2D eigenvalue weighted by Crippen LogP contribution is 1.99. The molecule has 0 spiro atoms. The molecule has 0 unspecified atom stereocenters. The van der Waals surface area contributed by atoms with E-state index in [1.165, 1.54) is 5.56 Å². The maximum atomic E-state index is 5.51. The fraction of sp³-hybridized carbons (Fsp3) is 0.647. The van der Waals surface area contributed by atoms with Crippen LogP contribution in [0.4, 0.5) is 0 Å². The molecule has 0 aliphatic heterocycles. The van der Waals surface area contributed by atoms with Crippen molar-refractivity contribution in [2.45, 2.75) is 6.61 Å². The molecule has 0 aliphatic rings. The van der Waals surface area contributed by atoms with E-state index in [2.05, 4.69) is 0 Å². The van der Waals surface area contributed by atoms with E-state index in [0.717, 1.165) is 0 Å². The number of rotatable bonds is 16. The molecule has 0 amide bonds. The predicted octanol–water partition coefficient (Wildman–Crippen LogP) is 2.51. The second-order valence-corrected chi connectivity index (χ2v) is 5.05. The van der Waals surface area contributed by atoms with Crippen LogP contribution in [0.15, 0.2) is 30.3 Å². The second-order valence-electron chi connectivity index (χ2n) is 4.68. The van der Waals surface area contributed by atoms with E-state index in [1.807, 2.05) is 30.3 Å². The van der Waals surface area contributed by atoms with Gasteiger partial charge in [0.15, 0.2) is 0 Å². The fourth-order valence-corrected chi connectivity index (χ4v) is 1.81. The predicted molar refractivity (Wildman–Crippen MR) is 90.1 cm³/mol. The Bertz CT molecular complexity index is 350. The van der Waals surface area contributed by atoms with Crippen molar-refractivity contribution < 1.29 is 23.7 Å². The van der Waals surface area contributed by atoms with E-state index in [1.54, 1.807) is 0 Å². The summed E-state index contributed by atoms with van der Waals surface area (Å²) in [6.07, 6.45) is 0. The summed E-state index contributed by atoms with van der Waals surface area (Å²) in [6, 6.07) is 10.1. The van der Waals surface area contributed by atoms with Crippen LogP contribution >= 0.6 is 11.6 Å². The van der Waals surface area contributed by atoms with Gasteiger partial charge in [0.2, 0.25) is 0 Å². The Kier molecular flexibility index (Phi) is 14.3. The molecule has 0 fully saturated rings. The Labute approximate surface area is 143 Å². The van der Waals surface area contributed by atoms with Crippen LogP contribution in [-0.2, 0) is 30.3 Å². The standard InChI is InChI=1S/C17H27ClO5/c18-6-7-19-8-9-20-10-11-21-12-13-22-14-15-23-16-17-4-2-1-3-5-17/h1-5H,6-16H2. The molecule has 1 aromatic rings. The Morgan fingerprint density at radius 2 is 1.00 bits per heavy atom. The van der Waals surface area contributed by atoms with Gasteiger partial charge >= 0.3 is 0 Å². The van der Waals surface area contributed by atoms with Crippen molar-refractivity contribution in [3.63, 3.8) is 0 Å². The summed E-state index contributed by atoms with van der Waals surface area (Å²) in [5.41, 5.74) is 1.17. The topological polar surface area (TPSA) is 46.2 Å². The molecule has 0 aromatic heterocycles. The fourth-order valence-electron chi connectivity index (χ4n) is 1.70. The van der Waals surface area contributed by atoms with Crippen molar-refractivity contribution in [3.8, 4) is 0 Å². The lowest BCUT2D eigenvalue weighted by atomic mass is 10.2. The summed E-state index contributed by atoms with van der Waals surface area (Å²) in [4.78, 5) is 0. The zero-order valence-electron chi connectivity index (χ0n) is 13.6. The number of alkyl halides is 1. The Morgan fingerprint density at radius 1 is 0.565 bits per heavy atom. The van der Waals surface area contributed by atoms with Gasteiger partial charge in [-0.3, -0.25) is 0 Å². The number of benzene rings is 1. The van der Waals surface area contributed by atoms with Gasteiger partial charge in [0, 0.05) is 5.88 Å². The van der Waals surface area contributed by atoms with Gasteiger partial charge in [-0.2, -0.15) is 0 Å². The molecule has 0 heterocycles. The summed E-state index contributed by atoms with van der Waals surface area (Å²) in [6.45, 7) is 5.71. The van der Waals surface area contributed by atoms with E-state index >= 15 is 0 Å². The van der Waals surface area contributed by atoms with Gasteiger partial charge in [0.1, 0.15) is 0 Å². The van der Waals surface area contributed by atoms with Gasteiger partial charge in [-0.25, -0.2) is 0 Å².